The van der Waals surface area contributed by atoms with E-state index in [-0.39, 0.29) is 18.4 Å². The van der Waals surface area contributed by atoms with Gasteiger partial charge in [0.1, 0.15) is 11.5 Å². The lowest BCUT2D eigenvalue weighted by Crippen LogP contribution is -2.49. The molecule has 2 amide bonds. The van der Waals surface area contributed by atoms with Crippen molar-refractivity contribution in [3.63, 3.8) is 0 Å². The molecular weight excluding hydrogens is 286 g/mol. The van der Waals surface area contributed by atoms with Gasteiger partial charge in [0.05, 0.1) is 20.8 Å². The largest absolute Gasteiger partial charge is 0.497 e. The molecule has 120 valence electrons. The van der Waals surface area contributed by atoms with Crippen LogP contribution in [0.15, 0.2) is 18.2 Å². The summed E-state index contributed by atoms with van der Waals surface area (Å²) in [5.74, 6) is 0.640. The fraction of sp³-hybridized carbons (Fsp3) is 0.467. The van der Waals surface area contributed by atoms with Crippen LogP contribution in [0, 0.1) is 0 Å². The van der Waals surface area contributed by atoms with Gasteiger partial charge in [0.15, 0.2) is 0 Å². The van der Waals surface area contributed by atoms with E-state index in [2.05, 4.69) is 10.6 Å². The number of methoxy groups -OCH3 is 2. The van der Waals surface area contributed by atoms with Crippen LogP contribution >= 0.6 is 0 Å². The molecule has 1 aromatic rings. The summed E-state index contributed by atoms with van der Waals surface area (Å²) in [6.45, 7) is 2.89. The van der Waals surface area contributed by atoms with Gasteiger partial charge < -0.3 is 25.0 Å². The van der Waals surface area contributed by atoms with Gasteiger partial charge in [-0.2, -0.15) is 0 Å². The molecule has 2 rings (SSSR count). The summed E-state index contributed by atoms with van der Waals surface area (Å²) in [4.78, 5) is 25.9. The highest BCUT2D eigenvalue weighted by molar-refractivity contribution is 5.97. The van der Waals surface area contributed by atoms with Crippen molar-refractivity contribution in [1.82, 2.24) is 15.5 Å². The van der Waals surface area contributed by atoms with Crippen molar-refractivity contribution >= 4 is 11.8 Å². The molecule has 1 heterocycles. The molecule has 1 aromatic carbocycles. The minimum absolute atomic E-state index is 0.0155. The summed E-state index contributed by atoms with van der Waals surface area (Å²) in [5.41, 5.74) is 0.393. The number of carbonyl (C=O) groups excluding carboxylic acids is 2. The SMILES string of the molecule is COc1cc(OC)cc(C(=O)NCC(=O)N2CCNCC2)c1. The highest BCUT2D eigenvalue weighted by Crippen LogP contribution is 2.22. The number of benzene rings is 1. The molecule has 2 N–H and O–H groups in total. The zero-order chi connectivity index (χ0) is 15.9. The highest BCUT2D eigenvalue weighted by Gasteiger charge is 2.17. The molecule has 0 radical (unpaired) electrons. The molecule has 7 nitrogen and oxygen atoms in total. The van der Waals surface area contributed by atoms with E-state index in [1.165, 1.54) is 14.2 Å². The molecule has 7 heteroatoms. The van der Waals surface area contributed by atoms with Crippen LogP contribution in [0.2, 0.25) is 0 Å². The van der Waals surface area contributed by atoms with Crippen molar-refractivity contribution in [3.05, 3.63) is 23.8 Å². The van der Waals surface area contributed by atoms with Crippen molar-refractivity contribution in [2.75, 3.05) is 46.9 Å². The van der Waals surface area contributed by atoms with E-state index in [1.54, 1.807) is 23.1 Å². The number of amides is 2. The molecule has 0 atom stereocenters. The van der Waals surface area contributed by atoms with E-state index in [4.69, 9.17) is 9.47 Å². The molecule has 1 fully saturated rings. The van der Waals surface area contributed by atoms with Crippen LogP contribution in [-0.2, 0) is 4.79 Å². The first-order chi connectivity index (χ1) is 10.6. The Labute approximate surface area is 129 Å². The third-order valence-corrected chi connectivity index (χ3v) is 3.48. The predicted octanol–water partition coefficient (Wildman–Crippen LogP) is -0.135. The van der Waals surface area contributed by atoms with Crippen LogP contribution in [0.5, 0.6) is 11.5 Å². The lowest BCUT2D eigenvalue weighted by molar-refractivity contribution is -0.130. The lowest BCUT2D eigenvalue weighted by atomic mass is 10.2. The molecule has 0 aromatic heterocycles. The Bertz CT molecular complexity index is 519. The number of rotatable bonds is 5. The minimum Gasteiger partial charge on any atom is -0.497 e. The third-order valence-electron chi connectivity index (χ3n) is 3.48. The van der Waals surface area contributed by atoms with E-state index in [0.717, 1.165) is 13.1 Å². The van der Waals surface area contributed by atoms with Gasteiger partial charge in [0.2, 0.25) is 5.91 Å². The molecule has 22 heavy (non-hydrogen) atoms. The van der Waals surface area contributed by atoms with Gasteiger partial charge in [0.25, 0.3) is 5.91 Å². The van der Waals surface area contributed by atoms with Crippen molar-refractivity contribution in [2.24, 2.45) is 0 Å². The summed E-state index contributed by atoms with van der Waals surface area (Å²) in [6.07, 6.45) is 0. The normalized spacial score (nSPS) is 14.4. The Morgan fingerprint density at radius 3 is 2.27 bits per heavy atom. The van der Waals surface area contributed by atoms with E-state index >= 15 is 0 Å². The third kappa shape index (κ3) is 4.11. The van der Waals surface area contributed by atoms with Crippen molar-refractivity contribution in [1.29, 1.82) is 0 Å². The number of nitrogens with one attached hydrogen (secondary N) is 2. The molecule has 1 aliphatic rings. The average Bonchev–Trinajstić information content (AvgIpc) is 2.59. The van der Waals surface area contributed by atoms with Crippen molar-refractivity contribution in [2.45, 2.75) is 0 Å². The number of hydrogen-bond acceptors (Lipinski definition) is 5. The Kier molecular flexibility index (Phi) is 5.60. The number of nitrogens with zero attached hydrogens (tertiary/aromatic N) is 1. The second-order valence-corrected chi connectivity index (χ2v) is 4.91. The molecule has 0 saturated carbocycles. The Morgan fingerprint density at radius 1 is 1.14 bits per heavy atom. The second kappa shape index (κ2) is 7.65. The van der Waals surface area contributed by atoms with Crippen LogP contribution in [0.25, 0.3) is 0 Å². The van der Waals surface area contributed by atoms with Gasteiger partial charge in [-0.05, 0) is 12.1 Å². The quantitative estimate of drug-likeness (QED) is 0.792. The Hall–Kier alpha value is -2.28. The number of carbonyl (C=O) groups is 2. The Morgan fingerprint density at radius 2 is 1.73 bits per heavy atom. The van der Waals surface area contributed by atoms with Gasteiger partial charge in [-0.15, -0.1) is 0 Å². The van der Waals surface area contributed by atoms with Gasteiger partial charge in [-0.3, -0.25) is 9.59 Å². The second-order valence-electron chi connectivity index (χ2n) is 4.91. The highest BCUT2D eigenvalue weighted by atomic mass is 16.5. The topological polar surface area (TPSA) is 79.9 Å². The Balaban J connectivity index is 1.95. The average molecular weight is 307 g/mol. The van der Waals surface area contributed by atoms with Crippen LogP contribution in [0.3, 0.4) is 0 Å². The molecular formula is C15H21N3O4. The molecule has 1 aliphatic heterocycles. The number of piperazine rings is 1. The molecule has 0 spiro atoms. The first-order valence-electron chi connectivity index (χ1n) is 7.14. The zero-order valence-electron chi connectivity index (χ0n) is 12.8. The molecule has 1 saturated heterocycles. The fourth-order valence-electron chi connectivity index (χ4n) is 2.22. The van der Waals surface area contributed by atoms with Crippen LogP contribution in [0.1, 0.15) is 10.4 Å². The summed E-state index contributed by atoms with van der Waals surface area (Å²) in [5, 5.41) is 5.81. The summed E-state index contributed by atoms with van der Waals surface area (Å²) >= 11 is 0. The smallest absolute Gasteiger partial charge is 0.251 e. The standard InChI is InChI=1S/C15H21N3O4/c1-21-12-7-11(8-13(9-12)22-2)15(20)17-10-14(19)18-5-3-16-4-6-18/h7-9,16H,3-6,10H2,1-2H3,(H,17,20). The monoisotopic (exact) mass is 307 g/mol. The van der Waals surface area contributed by atoms with Gasteiger partial charge >= 0.3 is 0 Å². The predicted molar refractivity (Wildman–Crippen MR) is 81.3 cm³/mol. The van der Waals surface area contributed by atoms with E-state index in [0.29, 0.717) is 30.2 Å². The van der Waals surface area contributed by atoms with E-state index < -0.39 is 0 Å². The summed E-state index contributed by atoms with van der Waals surface area (Å²) in [6, 6.07) is 4.89. The lowest BCUT2D eigenvalue weighted by Gasteiger charge is -2.27. The number of hydrogen-bond donors (Lipinski definition) is 2. The number of ether oxygens (including phenoxy) is 2. The summed E-state index contributed by atoms with van der Waals surface area (Å²) in [7, 11) is 3.04. The maximum Gasteiger partial charge on any atom is 0.251 e. The maximum absolute atomic E-state index is 12.2. The van der Waals surface area contributed by atoms with Gasteiger partial charge in [-0.25, -0.2) is 0 Å². The summed E-state index contributed by atoms with van der Waals surface area (Å²) < 4.78 is 10.3. The fourth-order valence-corrected chi connectivity index (χ4v) is 2.22. The first-order valence-corrected chi connectivity index (χ1v) is 7.14. The van der Waals surface area contributed by atoms with Crippen LogP contribution < -0.4 is 20.1 Å². The minimum atomic E-state index is -0.333. The maximum atomic E-state index is 12.2. The van der Waals surface area contributed by atoms with E-state index in [1.807, 2.05) is 0 Å². The van der Waals surface area contributed by atoms with Crippen LogP contribution in [-0.4, -0.2) is 63.7 Å². The molecule has 0 unspecified atom stereocenters. The zero-order valence-corrected chi connectivity index (χ0v) is 12.8. The first kappa shape index (κ1) is 16.1. The van der Waals surface area contributed by atoms with Crippen molar-refractivity contribution in [3.8, 4) is 11.5 Å². The van der Waals surface area contributed by atoms with Crippen LogP contribution in [0.4, 0.5) is 0 Å². The van der Waals surface area contributed by atoms with E-state index in [9.17, 15) is 9.59 Å². The van der Waals surface area contributed by atoms with Crippen molar-refractivity contribution < 1.29 is 19.1 Å². The molecule has 0 bridgehead atoms. The van der Waals surface area contributed by atoms with Gasteiger partial charge in [-0.1, -0.05) is 0 Å². The molecule has 0 aliphatic carbocycles. The van der Waals surface area contributed by atoms with Gasteiger partial charge in [0, 0.05) is 37.8 Å².